The minimum absolute atomic E-state index is 0.00701. The third kappa shape index (κ3) is 3.35. The molecule has 2 aromatic heterocycles. The van der Waals surface area contributed by atoms with Crippen LogP contribution in [0.25, 0.3) is 11.1 Å². The number of hydrogen-bond donors (Lipinski definition) is 1. The van der Waals surface area contributed by atoms with Crippen LogP contribution < -0.4 is 5.56 Å². The number of aryl methyl sites for hydroxylation is 1. The number of carbonyl (C=O) groups excluding carboxylic acids is 1. The van der Waals surface area contributed by atoms with Crippen molar-refractivity contribution in [2.75, 3.05) is 7.11 Å². The molecule has 0 saturated heterocycles. The van der Waals surface area contributed by atoms with Crippen LogP contribution in [0.5, 0.6) is 5.88 Å². The van der Waals surface area contributed by atoms with Gasteiger partial charge in [-0.3, -0.25) is 4.79 Å². The first-order valence-corrected chi connectivity index (χ1v) is 6.25. The Morgan fingerprint density at radius 3 is 2.61 bits per heavy atom. The fraction of sp³-hybridized carbons (Fsp3) is 0.308. The van der Waals surface area contributed by atoms with Crippen molar-refractivity contribution >= 4 is 5.97 Å². The van der Waals surface area contributed by atoms with Crippen LogP contribution in [0, 0.1) is 0 Å². The molecular weight excluding hydrogens is 319 g/mol. The molecule has 0 unspecified atom stereocenters. The van der Waals surface area contributed by atoms with Gasteiger partial charge in [0.15, 0.2) is 0 Å². The van der Waals surface area contributed by atoms with Crippen LogP contribution in [-0.4, -0.2) is 38.7 Å². The molecule has 0 bridgehead atoms. The van der Waals surface area contributed by atoms with E-state index in [1.165, 1.54) is 13.2 Å². The highest BCUT2D eigenvalue weighted by Gasteiger charge is 2.30. The Balaban J connectivity index is 2.57. The van der Waals surface area contributed by atoms with Gasteiger partial charge in [0, 0.05) is 13.2 Å². The van der Waals surface area contributed by atoms with Gasteiger partial charge in [-0.05, 0) is 6.07 Å². The maximum Gasteiger partial charge on any atom is 0.408 e. The SMILES string of the molecule is COC(=O)c1cc(-c2cnn(CC(F)(F)F)c2O)c(=O)n(C)c1. The Hall–Kier alpha value is -2.78. The van der Waals surface area contributed by atoms with Gasteiger partial charge in [-0.1, -0.05) is 0 Å². The van der Waals surface area contributed by atoms with Gasteiger partial charge in [0.05, 0.1) is 30.0 Å². The van der Waals surface area contributed by atoms with E-state index in [-0.39, 0.29) is 16.7 Å². The van der Waals surface area contributed by atoms with E-state index in [4.69, 9.17) is 0 Å². The van der Waals surface area contributed by atoms with Crippen LogP contribution in [-0.2, 0) is 18.3 Å². The van der Waals surface area contributed by atoms with E-state index in [2.05, 4.69) is 9.84 Å². The van der Waals surface area contributed by atoms with Crippen LogP contribution in [0.1, 0.15) is 10.4 Å². The minimum Gasteiger partial charge on any atom is -0.493 e. The first kappa shape index (κ1) is 16.6. The Labute approximate surface area is 127 Å². The van der Waals surface area contributed by atoms with E-state index in [0.29, 0.717) is 4.68 Å². The van der Waals surface area contributed by atoms with Crippen LogP contribution in [0.3, 0.4) is 0 Å². The molecule has 2 rings (SSSR count). The normalized spacial score (nSPS) is 11.5. The van der Waals surface area contributed by atoms with E-state index >= 15 is 0 Å². The number of nitrogens with zero attached hydrogens (tertiary/aromatic N) is 3. The zero-order chi connectivity index (χ0) is 17.4. The number of alkyl halides is 3. The number of pyridine rings is 1. The third-order valence-corrected chi connectivity index (χ3v) is 3.04. The molecule has 0 aliphatic carbocycles. The average molecular weight is 331 g/mol. The number of methoxy groups -OCH3 is 1. The zero-order valence-electron chi connectivity index (χ0n) is 12.1. The Bertz CT molecular complexity index is 808. The number of aromatic hydroxyl groups is 1. The summed E-state index contributed by atoms with van der Waals surface area (Å²) in [4.78, 5) is 23.7. The number of ether oxygens (including phenoxy) is 1. The Morgan fingerprint density at radius 1 is 1.39 bits per heavy atom. The fourth-order valence-corrected chi connectivity index (χ4v) is 1.99. The largest absolute Gasteiger partial charge is 0.493 e. The summed E-state index contributed by atoms with van der Waals surface area (Å²) in [6.07, 6.45) is -2.44. The second kappa shape index (κ2) is 5.78. The van der Waals surface area contributed by atoms with E-state index < -0.39 is 30.1 Å². The highest BCUT2D eigenvalue weighted by atomic mass is 19.4. The van der Waals surface area contributed by atoms with E-state index in [0.717, 1.165) is 23.9 Å². The van der Waals surface area contributed by atoms with Gasteiger partial charge < -0.3 is 14.4 Å². The number of esters is 1. The average Bonchev–Trinajstić information content (AvgIpc) is 2.80. The number of rotatable bonds is 3. The lowest BCUT2D eigenvalue weighted by atomic mass is 10.1. The first-order valence-electron chi connectivity index (χ1n) is 6.25. The summed E-state index contributed by atoms with van der Waals surface area (Å²) in [6.45, 7) is -1.50. The summed E-state index contributed by atoms with van der Waals surface area (Å²) in [5.41, 5.74) is -0.978. The number of aromatic nitrogens is 3. The highest BCUT2D eigenvalue weighted by Crippen LogP contribution is 2.29. The molecule has 1 N–H and O–H groups in total. The molecule has 2 aromatic rings. The molecular formula is C13H12F3N3O4. The lowest BCUT2D eigenvalue weighted by molar-refractivity contribution is -0.143. The lowest BCUT2D eigenvalue weighted by Gasteiger charge is -2.08. The second-order valence-corrected chi connectivity index (χ2v) is 4.70. The van der Waals surface area contributed by atoms with Crippen molar-refractivity contribution in [1.29, 1.82) is 0 Å². The minimum atomic E-state index is -4.58. The predicted octanol–water partition coefficient (Wildman–Crippen LogP) is 1.30. The molecule has 0 radical (unpaired) electrons. The predicted molar refractivity (Wildman–Crippen MR) is 72.0 cm³/mol. The molecule has 0 amide bonds. The molecule has 0 atom stereocenters. The van der Waals surface area contributed by atoms with Gasteiger partial charge in [-0.2, -0.15) is 18.3 Å². The fourth-order valence-electron chi connectivity index (χ4n) is 1.99. The molecule has 0 spiro atoms. The summed E-state index contributed by atoms with van der Waals surface area (Å²) in [6, 6.07) is 1.13. The molecule has 0 fully saturated rings. The van der Waals surface area contributed by atoms with Gasteiger partial charge in [0.2, 0.25) is 5.88 Å². The van der Waals surface area contributed by atoms with Gasteiger partial charge in [0.1, 0.15) is 6.54 Å². The van der Waals surface area contributed by atoms with Crippen molar-refractivity contribution in [3.63, 3.8) is 0 Å². The van der Waals surface area contributed by atoms with E-state index in [1.54, 1.807) is 0 Å². The molecule has 2 heterocycles. The van der Waals surface area contributed by atoms with Crippen molar-refractivity contribution < 1.29 is 27.8 Å². The molecule has 23 heavy (non-hydrogen) atoms. The van der Waals surface area contributed by atoms with Crippen molar-refractivity contribution in [3.8, 4) is 17.0 Å². The van der Waals surface area contributed by atoms with Crippen molar-refractivity contribution in [1.82, 2.24) is 14.3 Å². The monoisotopic (exact) mass is 331 g/mol. The molecule has 0 aliphatic rings. The highest BCUT2D eigenvalue weighted by molar-refractivity contribution is 5.90. The molecule has 0 aromatic carbocycles. The maximum absolute atomic E-state index is 12.4. The number of hydrogen-bond acceptors (Lipinski definition) is 5. The van der Waals surface area contributed by atoms with Gasteiger partial charge in [-0.25, -0.2) is 9.48 Å². The van der Waals surface area contributed by atoms with Gasteiger partial charge >= 0.3 is 12.1 Å². The summed E-state index contributed by atoms with van der Waals surface area (Å²) in [5.74, 6) is -1.55. The van der Waals surface area contributed by atoms with E-state index in [1.807, 2.05) is 0 Å². The van der Waals surface area contributed by atoms with Crippen LogP contribution >= 0.6 is 0 Å². The standard InChI is InChI=1S/C13H12F3N3O4/c1-18-5-7(12(22)23-2)3-8(10(18)20)9-4-17-19(11(9)21)6-13(14,15)16/h3-5,21H,6H2,1-2H3. The molecule has 0 aliphatic heterocycles. The van der Waals surface area contributed by atoms with E-state index in [9.17, 15) is 27.9 Å². The van der Waals surface area contributed by atoms with Gasteiger partial charge in [0.25, 0.3) is 5.56 Å². The topological polar surface area (TPSA) is 86.3 Å². The smallest absolute Gasteiger partial charge is 0.408 e. The van der Waals surface area contributed by atoms with Gasteiger partial charge in [-0.15, -0.1) is 0 Å². The Kier molecular flexibility index (Phi) is 4.17. The molecule has 124 valence electrons. The molecule has 7 nitrogen and oxygen atoms in total. The zero-order valence-corrected chi connectivity index (χ0v) is 12.1. The van der Waals surface area contributed by atoms with Crippen molar-refractivity contribution in [2.24, 2.45) is 7.05 Å². The Morgan fingerprint density at radius 2 is 2.04 bits per heavy atom. The van der Waals surface area contributed by atoms with Crippen molar-refractivity contribution in [2.45, 2.75) is 12.7 Å². The van der Waals surface area contributed by atoms with Crippen LogP contribution in [0.2, 0.25) is 0 Å². The summed E-state index contributed by atoms with van der Waals surface area (Å²) in [7, 11) is 2.50. The summed E-state index contributed by atoms with van der Waals surface area (Å²) < 4.78 is 43.1. The third-order valence-electron chi connectivity index (χ3n) is 3.04. The number of carbonyl (C=O) groups is 1. The lowest BCUT2D eigenvalue weighted by Crippen LogP contribution is -2.20. The molecule has 0 saturated carbocycles. The van der Waals surface area contributed by atoms with Crippen LogP contribution in [0.15, 0.2) is 23.3 Å². The second-order valence-electron chi connectivity index (χ2n) is 4.70. The summed E-state index contributed by atoms with van der Waals surface area (Å²) in [5, 5.41) is 13.3. The number of halogens is 3. The summed E-state index contributed by atoms with van der Waals surface area (Å²) >= 11 is 0. The first-order chi connectivity index (χ1) is 10.6. The molecule has 10 heteroatoms. The van der Waals surface area contributed by atoms with Crippen LogP contribution in [0.4, 0.5) is 13.2 Å². The maximum atomic E-state index is 12.4. The quantitative estimate of drug-likeness (QED) is 0.857. The van der Waals surface area contributed by atoms with Crippen molar-refractivity contribution in [3.05, 3.63) is 34.4 Å².